The van der Waals surface area contributed by atoms with Gasteiger partial charge in [0.15, 0.2) is 5.69 Å². The van der Waals surface area contributed by atoms with Crippen LogP contribution in [0.3, 0.4) is 0 Å². The second-order valence-corrected chi connectivity index (χ2v) is 4.92. The van der Waals surface area contributed by atoms with Gasteiger partial charge in [0, 0.05) is 12.4 Å². The number of carboxylic acids is 1. The van der Waals surface area contributed by atoms with Gasteiger partial charge in [-0.1, -0.05) is 19.1 Å². The van der Waals surface area contributed by atoms with Crippen LogP contribution in [0.15, 0.2) is 30.6 Å². The lowest BCUT2D eigenvalue weighted by Crippen LogP contribution is -2.08. The lowest BCUT2D eigenvalue weighted by atomic mass is 10.1. The second kappa shape index (κ2) is 4.93. The fourth-order valence-electron chi connectivity index (χ4n) is 2.23. The summed E-state index contributed by atoms with van der Waals surface area (Å²) < 4.78 is 1.54. The molecule has 0 radical (unpaired) electrons. The van der Waals surface area contributed by atoms with Gasteiger partial charge in [-0.3, -0.25) is 9.97 Å². The molecule has 0 atom stereocenters. The highest BCUT2D eigenvalue weighted by Crippen LogP contribution is 2.22. The quantitative estimate of drug-likeness (QED) is 0.790. The molecule has 7 heteroatoms. The predicted octanol–water partition coefficient (Wildman–Crippen LogP) is 2.03. The molecule has 0 spiro atoms. The van der Waals surface area contributed by atoms with E-state index in [1.165, 1.54) is 0 Å². The number of nitrogens with zero attached hydrogens (tertiary/aromatic N) is 5. The summed E-state index contributed by atoms with van der Waals surface area (Å²) in [6, 6.07) is 5.46. The van der Waals surface area contributed by atoms with E-state index in [-0.39, 0.29) is 11.6 Å². The lowest BCUT2D eigenvalue weighted by Gasteiger charge is -2.10. The lowest BCUT2D eigenvalue weighted by molar-refractivity contribution is 0.0688. The largest absolute Gasteiger partial charge is 0.476 e. The van der Waals surface area contributed by atoms with E-state index >= 15 is 0 Å². The van der Waals surface area contributed by atoms with Crippen molar-refractivity contribution in [2.45, 2.75) is 19.8 Å². The first-order valence-corrected chi connectivity index (χ1v) is 6.48. The predicted molar refractivity (Wildman–Crippen MR) is 75.5 cm³/mol. The molecule has 7 nitrogen and oxygen atoms in total. The Bertz CT molecular complexity index is 825. The Morgan fingerprint density at radius 1 is 1.19 bits per heavy atom. The standard InChI is InChI=1S/C14H13N5O2/c1-8(2)13-12(14(20)21)17-18-19(13)9-3-4-10-11(7-9)16-6-5-15-10/h3-8H,1-2H3,(H,20,21). The van der Waals surface area contributed by atoms with Crippen molar-refractivity contribution in [3.63, 3.8) is 0 Å². The average molecular weight is 283 g/mol. The molecule has 0 amide bonds. The first kappa shape index (κ1) is 13.2. The van der Waals surface area contributed by atoms with Crippen LogP contribution >= 0.6 is 0 Å². The van der Waals surface area contributed by atoms with Crippen LogP contribution < -0.4 is 0 Å². The molecule has 0 fully saturated rings. The molecular weight excluding hydrogens is 270 g/mol. The molecule has 2 heterocycles. The molecule has 1 aromatic carbocycles. The summed E-state index contributed by atoms with van der Waals surface area (Å²) in [7, 11) is 0. The number of hydrogen-bond acceptors (Lipinski definition) is 5. The van der Waals surface area contributed by atoms with Gasteiger partial charge in [0.25, 0.3) is 0 Å². The van der Waals surface area contributed by atoms with Gasteiger partial charge in [-0.05, 0) is 24.1 Å². The van der Waals surface area contributed by atoms with Crippen LogP contribution in [0.1, 0.15) is 35.9 Å². The highest BCUT2D eigenvalue weighted by Gasteiger charge is 2.22. The summed E-state index contributed by atoms with van der Waals surface area (Å²) >= 11 is 0. The number of aromatic carboxylic acids is 1. The second-order valence-electron chi connectivity index (χ2n) is 4.92. The smallest absolute Gasteiger partial charge is 0.358 e. The van der Waals surface area contributed by atoms with Gasteiger partial charge in [-0.15, -0.1) is 5.10 Å². The molecule has 0 saturated carbocycles. The Kier molecular flexibility index (Phi) is 3.09. The first-order valence-electron chi connectivity index (χ1n) is 6.48. The summed E-state index contributed by atoms with van der Waals surface area (Å²) in [6.45, 7) is 3.81. The van der Waals surface area contributed by atoms with E-state index in [1.54, 1.807) is 17.1 Å². The number of rotatable bonds is 3. The van der Waals surface area contributed by atoms with E-state index in [1.807, 2.05) is 32.0 Å². The summed E-state index contributed by atoms with van der Waals surface area (Å²) in [4.78, 5) is 19.7. The van der Waals surface area contributed by atoms with Crippen molar-refractivity contribution in [2.24, 2.45) is 0 Å². The van der Waals surface area contributed by atoms with Gasteiger partial charge in [-0.2, -0.15) is 0 Å². The maximum absolute atomic E-state index is 11.2. The van der Waals surface area contributed by atoms with E-state index in [2.05, 4.69) is 20.3 Å². The Morgan fingerprint density at radius 2 is 1.90 bits per heavy atom. The van der Waals surface area contributed by atoms with Crippen LogP contribution in [0.2, 0.25) is 0 Å². The number of fused-ring (bicyclic) bond motifs is 1. The first-order chi connectivity index (χ1) is 10.1. The van der Waals surface area contributed by atoms with Gasteiger partial charge in [0.05, 0.1) is 22.4 Å². The average Bonchev–Trinajstić information content (AvgIpc) is 2.92. The molecule has 0 unspecified atom stereocenters. The minimum Gasteiger partial charge on any atom is -0.476 e. The third-order valence-electron chi connectivity index (χ3n) is 3.15. The maximum atomic E-state index is 11.2. The fourth-order valence-corrected chi connectivity index (χ4v) is 2.23. The number of aromatic nitrogens is 5. The highest BCUT2D eigenvalue weighted by molar-refractivity contribution is 5.87. The van der Waals surface area contributed by atoms with Crippen LogP contribution in [0, 0.1) is 0 Å². The van der Waals surface area contributed by atoms with Crippen LogP contribution in [0.5, 0.6) is 0 Å². The van der Waals surface area contributed by atoms with E-state index in [9.17, 15) is 9.90 Å². The van der Waals surface area contributed by atoms with Crippen molar-refractivity contribution in [3.05, 3.63) is 42.0 Å². The SMILES string of the molecule is CC(C)c1c(C(=O)O)nnn1-c1ccc2nccnc2c1. The Hall–Kier alpha value is -2.83. The molecule has 0 aliphatic rings. The molecule has 3 aromatic rings. The van der Waals surface area contributed by atoms with E-state index in [0.717, 1.165) is 11.0 Å². The maximum Gasteiger partial charge on any atom is 0.358 e. The Morgan fingerprint density at radius 3 is 2.57 bits per heavy atom. The van der Waals surface area contributed by atoms with Crippen LogP contribution in [0.4, 0.5) is 0 Å². The zero-order valence-corrected chi connectivity index (χ0v) is 11.6. The number of hydrogen-bond donors (Lipinski definition) is 1. The number of carbonyl (C=O) groups is 1. The zero-order chi connectivity index (χ0) is 15.0. The van der Waals surface area contributed by atoms with Gasteiger partial charge in [0.1, 0.15) is 0 Å². The fraction of sp³-hybridized carbons (Fsp3) is 0.214. The van der Waals surface area contributed by atoms with Crippen LogP contribution in [-0.2, 0) is 0 Å². The van der Waals surface area contributed by atoms with Crippen molar-refractivity contribution in [1.29, 1.82) is 0 Å². The van der Waals surface area contributed by atoms with Crippen molar-refractivity contribution in [3.8, 4) is 5.69 Å². The minimum absolute atomic E-state index is 0.0238. The van der Waals surface area contributed by atoms with Gasteiger partial charge in [-0.25, -0.2) is 9.48 Å². The summed E-state index contributed by atoms with van der Waals surface area (Å²) in [5.41, 5.74) is 2.74. The molecule has 0 saturated heterocycles. The van der Waals surface area contributed by atoms with E-state index in [0.29, 0.717) is 11.4 Å². The Labute approximate surface area is 120 Å². The van der Waals surface area contributed by atoms with Gasteiger partial charge < -0.3 is 5.11 Å². The molecule has 21 heavy (non-hydrogen) atoms. The molecule has 1 N–H and O–H groups in total. The topological polar surface area (TPSA) is 93.8 Å². The molecule has 2 aromatic heterocycles. The van der Waals surface area contributed by atoms with Crippen molar-refractivity contribution < 1.29 is 9.90 Å². The van der Waals surface area contributed by atoms with E-state index in [4.69, 9.17) is 0 Å². The number of carboxylic acid groups (broad SMARTS) is 1. The minimum atomic E-state index is -1.08. The van der Waals surface area contributed by atoms with Gasteiger partial charge in [0.2, 0.25) is 0 Å². The third-order valence-corrected chi connectivity index (χ3v) is 3.15. The zero-order valence-electron chi connectivity index (χ0n) is 11.6. The summed E-state index contributed by atoms with van der Waals surface area (Å²) in [6.07, 6.45) is 3.24. The normalized spacial score (nSPS) is 11.2. The van der Waals surface area contributed by atoms with E-state index < -0.39 is 5.97 Å². The molecule has 0 aliphatic heterocycles. The highest BCUT2D eigenvalue weighted by atomic mass is 16.4. The van der Waals surface area contributed by atoms with Crippen LogP contribution in [0.25, 0.3) is 16.7 Å². The molecule has 3 rings (SSSR count). The monoisotopic (exact) mass is 283 g/mol. The molecule has 106 valence electrons. The number of benzene rings is 1. The summed E-state index contributed by atoms with van der Waals surface area (Å²) in [5, 5.41) is 17.0. The van der Waals surface area contributed by atoms with Crippen molar-refractivity contribution in [2.75, 3.05) is 0 Å². The van der Waals surface area contributed by atoms with Crippen molar-refractivity contribution in [1.82, 2.24) is 25.0 Å². The summed E-state index contributed by atoms with van der Waals surface area (Å²) in [5.74, 6) is -1.10. The molecular formula is C14H13N5O2. The molecule has 0 aliphatic carbocycles. The van der Waals surface area contributed by atoms with Gasteiger partial charge >= 0.3 is 5.97 Å². The third kappa shape index (κ3) is 2.22. The molecule has 0 bridgehead atoms. The van der Waals surface area contributed by atoms with Crippen LogP contribution in [-0.4, -0.2) is 36.0 Å². The Balaban J connectivity index is 2.20. The van der Waals surface area contributed by atoms with Crippen molar-refractivity contribution >= 4 is 17.0 Å².